The molecule has 1 aliphatic rings. The maximum atomic E-state index is 5.73. The first-order valence-corrected chi connectivity index (χ1v) is 6.60. The van der Waals surface area contributed by atoms with Gasteiger partial charge in [-0.2, -0.15) is 0 Å². The van der Waals surface area contributed by atoms with E-state index in [2.05, 4.69) is 46.9 Å². The SMILES string of the molecule is CC(C)C(C)(C)CNC1CCOC(C)(C)C1. The molecule has 2 nitrogen and oxygen atoms in total. The van der Waals surface area contributed by atoms with Crippen molar-refractivity contribution in [1.29, 1.82) is 0 Å². The molecule has 0 radical (unpaired) electrons. The summed E-state index contributed by atoms with van der Waals surface area (Å²) in [5.41, 5.74) is 0.431. The predicted octanol–water partition coefficient (Wildman–Crippen LogP) is 3.22. The molecule has 0 aromatic heterocycles. The normalized spacial score (nSPS) is 26.1. The summed E-state index contributed by atoms with van der Waals surface area (Å²) in [4.78, 5) is 0. The van der Waals surface area contributed by atoms with Crippen LogP contribution in [0.3, 0.4) is 0 Å². The van der Waals surface area contributed by atoms with E-state index in [0.29, 0.717) is 17.4 Å². The Balaban J connectivity index is 2.38. The Hall–Kier alpha value is -0.0800. The van der Waals surface area contributed by atoms with E-state index < -0.39 is 0 Å². The maximum absolute atomic E-state index is 5.73. The summed E-state index contributed by atoms with van der Waals surface area (Å²) in [7, 11) is 0. The average molecular weight is 227 g/mol. The molecule has 1 fully saturated rings. The molecule has 0 spiro atoms. The van der Waals surface area contributed by atoms with Crippen LogP contribution in [0.4, 0.5) is 0 Å². The zero-order chi connectivity index (χ0) is 12.4. The summed E-state index contributed by atoms with van der Waals surface area (Å²) < 4.78 is 5.73. The summed E-state index contributed by atoms with van der Waals surface area (Å²) >= 11 is 0. The lowest BCUT2D eigenvalue weighted by Gasteiger charge is -2.38. The zero-order valence-electron chi connectivity index (χ0n) is 11.9. The highest BCUT2D eigenvalue weighted by molar-refractivity contribution is 4.85. The van der Waals surface area contributed by atoms with E-state index in [1.165, 1.54) is 0 Å². The molecule has 1 rings (SSSR count). The lowest BCUT2D eigenvalue weighted by atomic mass is 9.80. The molecule has 1 atom stereocenters. The number of nitrogens with one attached hydrogen (secondary N) is 1. The first-order valence-electron chi connectivity index (χ1n) is 6.60. The molecule has 2 heteroatoms. The van der Waals surface area contributed by atoms with E-state index in [1.807, 2.05) is 0 Å². The third-order valence-electron chi connectivity index (χ3n) is 4.11. The summed E-state index contributed by atoms with van der Waals surface area (Å²) in [6.45, 7) is 15.7. The molecule has 0 aromatic rings. The number of rotatable bonds is 4. The Morgan fingerprint density at radius 3 is 2.50 bits per heavy atom. The van der Waals surface area contributed by atoms with Crippen molar-refractivity contribution in [3.8, 4) is 0 Å². The third-order valence-corrected chi connectivity index (χ3v) is 4.11. The number of hydrogen-bond donors (Lipinski definition) is 1. The van der Waals surface area contributed by atoms with Gasteiger partial charge in [-0.1, -0.05) is 27.7 Å². The Bertz CT molecular complexity index is 221. The van der Waals surface area contributed by atoms with Crippen molar-refractivity contribution in [2.24, 2.45) is 11.3 Å². The van der Waals surface area contributed by atoms with Crippen molar-refractivity contribution in [3.63, 3.8) is 0 Å². The molecule has 1 saturated heterocycles. The van der Waals surface area contributed by atoms with Crippen molar-refractivity contribution < 1.29 is 4.74 Å². The van der Waals surface area contributed by atoms with E-state index in [9.17, 15) is 0 Å². The van der Waals surface area contributed by atoms with Gasteiger partial charge in [-0.25, -0.2) is 0 Å². The molecule has 1 heterocycles. The van der Waals surface area contributed by atoms with Crippen LogP contribution in [-0.4, -0.2) is 24.8 Å². The quantitative estimate of drug-likeness (QED) is 0.796. The van der Waals surface area contributed by atoms with E-state index >= 15 is 0 Å². The molecule has 96 valence electrons. The fourth-order valence-corrected chi connectivity index (χ4v) is 2.02. The predicted molar refractivity (Wildman–Crippen MR) is 69.7 cm³/mol. The van der Waals surface area contributed by atoms with Gasteiger partial charge in [0, 0.05) is 19.2 Å². The second-order valence-corrected chi connectivity index (χ2v) is 6.82. The Labute approximate surface area is 101 Å². The van der Waals surface area contributed by atoms with E-state index in [-0.39, 0.29) is 5.60 Å². The Morgan fingerprint density at radius 1 is 1.38 bits per heavy atom. The monoisotopic (exact) mass is 227 g/mol. The molecule has 1 unspecified atom stereocenters. The second-order valence-electron chi connectivity index (χ2n) is 6.82. The van der Waals surface area contributed by atoms with Crippen LogP contribution in [-0.2, 0) is 4.74 Å². The largest absolute Gasteiger partial charge is 0.375 e. The van der Waals surface area contributed by atoms with Gasteiger partial charge in [-0.05, 0) is 38.0 Å². The van der Waals surface area contributed by atoms with Gasteiger partial charge in [0.05, 0.1) is 5.60 Å². The molecular weight excluding hydrogens is 198 g/mol. The van der Waals surface area contributed by atoms with Crippen LogP contribution >= 0.6 is 0 Å². The van der Waals surface area contributed by atoms with Crippen molar-refractivity contribution in [2.75, 3.05) is 13.2 Å². The fraction of sp³-hybridized carbons (Fsp3) is 1.00. The summed E-state index contributed by atoms with van der Waals surface area (Å²) in [6.07, 6.45) is 2.28. The highest BCUT2D eigenvalue weighted by atomic mass is 16.5. The van der Waals surface area contributed by atoms with Gasteiger partial charge >= 0.3 is 0 Å². The molecule has 1 N–H and O–H groups in total. The lowest BCUT2D eigenvalue weighted by Crippen LogP contribution is -2.47. The highest BCUT2D eigenvalue weighted by Gasteiger charge is 2.30. The second kappa shape index (κ2) is 5.05. The van der Waals surface area contributed by atoms with Crippen LogP contribution in [0.2, 0.25) is 0 Å². The smallest absolute Gasteiger partial charge is 0.0641 e. The maximum Gasteiger partial charge on any atom is 0.0641 e. The van der Waals surface area contributed by atoms with Crippen molar-refractivity contribution >= 4 is 0 Å². The fourth-order valence-electron chi connectivity index (χ4n) is 2.02. The lowest BCUT2D eigenvalue weighted by molar-refractivity contribution is -0.0640. The summed E-state index contributed by atoms with van der Waals surface area (Å²) in [5, 5.41) is 3.72. The molecule has 0 bridgehead atoms. The minimum atomic E-state index is 0.0535. The summed E-state index contributed by atoms with van der Waals surface area (Å²) in [6, 6.07) is 0.627. The van der Waals surface area contributed by atoms with Crippen molar-refractivity contribution in [1.82, 2.24) is 5.32 Å². The third kappa shape index (κ3) is 4.06. The van der Waals surface area contributed by atoms with Crippen molar-refractivity contribution in [3.05, 3.63) is 0 Å². The van der Waals surface area contributed by atoms with Crippen molar-refractivity contribution in [2.45, 2.75) is 66.0 Å². The first-order chi connectivity index (χ1) is 7.23. The zero-order valence-corrected chi connectivity index (χ0v) is 11.9. The van der Waals surface area contributed by atoms with Gasteiger partial charge < -0.3 is 10.1 Å². The standard InChI is InChI=1S/C14H29NO/c1-11(2)13(3,4)10-15-12-7-8-16-14(5,6)9-12/h11-12,15H,7-10H2,1-6H3. The highest BCUT2D eigenvalue weighted by Crippen LogP contribution is 2.27. The minimum Gasteiger partial charge on any atom is -0.375 e. The first kappa shape index (κ1) is 14.0. The average Bonchev–Trinajstić information content (AvgIpc) is 2.13. The van der Waals surface area contributed by atoms with Crippen LogP contribution in [0.1, 0.15) is 54.4 Å². The van der Waals surface area contributed by atoms with Crippen LogP contribution in [0.15, 0.2) is 0 Å². The van der Waals surface area contributed by atoms with E-state index in [4.69, 9.17) is 4.74 Å². The van der Waals surface area contributed by atoms with Gasteiger partial charge in [-0.3, -0.25) is 0 Å². The van der Waals surface area contributed by atoms with Crippen LogP contribution in [0.25, 0.3) is 0 Å². The number of hydrogen-bond acceptors (Lipinski definition) is 2. The van der Waals surface area contributed by atoms with E-state index in [0.717, 1.165) is 26.0 Å². The molecule has 0 aromatic carbocycles. The van der Waals surface area contributed by atoms with E-state index in [1.54, 1.807) is 0 Å². The molecule has 0 aliphatic carbocycles. The molecule has 0 saturated carbocycles. The van der Waals surface area contributed by atoms with Gasteiger partial charge in [0.2, 0.25) is 0 Å². The van der Waals surface area contributed by atoms with Gasteiger partial charge in [-0.15, -0.1) is 0 Å². The van der Waals surface area contributed by atoms with Crippen LogP contribution < -0.4 is 5.32 Å². The Morgan fingerprint density at radius 2 is 2.00 bits per heavy atom. The molecule has 0 amide bonds. The van der Waals surface area contributed by atoms with Gasteiger partial charge in [0.1, 0.15) is 0 Å². The summed E-state index contributed by atoms with van der Waals surface area (Å²) in [5.74, 6) is 0.716. The van der Waals surface area contributed by atoms with Gasteiger partial charge in [0.25, 0.3) is 0 Å². The molecule has 1 aliphatic heterocycles. The number of ether oxygens (including phenoxy) is 1. The minimum absolute atomic E-state index is 0.0535. The van der Waals surface area contributed by atoms with Crippen LogP contribution in [0.5, 0.6) is 0 Å². The van der Waals surface area contributed by atoms with Crippen LogP contribution in [0, 0.1) is 11.3 Å². The molecule has 16 heavy (non-hydrogen) atoms. The topological polar surface area (TPSA) is 21.3 Å². The Kier molecular flexibility index (Phi) is 4.42. The molecular formula is C14H29NO. The van der Waals surface area contributed by atoms with Gasteiger partial charge in [0.15, 0.2) is 0 Å².